The molecule has 1 rings (SSSR count). The van der Waals surface area contributed by atoms with E-state index >= 15 is 0 Å². The third kappa shape index (κ3) is 9.84. The van der Waals surface area contributed by atoms with Gasteiger partial charge < -0.3 is 44.9 Å². The van der Waals surface area contributed by atoms with Gasteiger partial charge in [0, 0.05) is 27.2 Å². The Hall–Kier alpha value is -3.30. The van der Waals surface area contributed by atoms with Crippen LogP contribution in [0, 0.1) is 0 Å². The molecule has 7 atom stereocenters. The molecule has 1 heterocycles. The molecule has 0 bridgehead atoms. The summed E-state index contributed by atoms with van der Waals surface area (Å²) in [4.78, 5) is 69.1. The Morgan fingerprint density at radius 3 is 1.91 bits per heavy atom. The van der Waals surface area contributed by atoms with Crippen LogP contribution in [0.15, 0.2) is 0 Å². The van der Waals surface area contributed by atoms with E-state index in [1.54, 1.807) is 0 Å². The highest BCUT2D eigenvalue weighted by Gasteiger charge is 2.51. The Labute approximate surface area is 200 Å². The van der Waals surface area contributed by atoms with Crippen molar-refractivity contribution in [2.75, 3.05) is 6.61 Å². The standard InChI is InChI=1S/C20H30N2O13/c1-8-15(33-9(2)23)16(34-10(3)24)17(35-11(4)25)20(32-8)31-7-12(21)18(28)22-13(19(29)30)5-6-14(26)27/h8,12-13,15-17,20H,5-7,21H2,1-4H3,(H,22,28)(H,26,27)(H,29,30)/t8-,12-,13-,15+,16+,17-,20-/m0/s1. The molecule has 5 N–H and O–H groups in total. The van der Waals surface area contributed by atoms with Gasteiger partial charge in [-0.05, 0) is 13.3 Å². The number of ether oxygens (including phenoxy) is 5. The van der Waals surface area contributed by atoms with E-state index in [9.17, 15) is 28.8 Å². The number of hydrogen-bond donors (Lipinski definition) is 4. The number of rotatable bonds is 12. The van der Waals surface area contributed by atoms with Crippen LogP contribution in [0.25, 0.3) is 0 Å². The maximum absolute atomic E-state index is 12.3. The van der Waals surface area contributed by atoms with E-state index in [-0.39, 0.29) is 6.42 Å². The number of carboxylic acid groups (broad SMARTS) is 2. The molecular formula is C20H30N2O13. The molecule has 35 heavy (non-hydrogen) atoms. The van der Waals surface area contributed by atoms with Gasteiger partial charge in [-0.2, -0.15) is 0 Å². The number of carboxylic acids is 2. The summed E-state index contributed by atoms with van der Waals surface area (Å²) in [7, 11) is 0. The van der Waals surface area contributed by atoms with Crippen molar-refractivity contribution in [3.05, 3.63) is 0 Å². The maximum Gasteiger partial charge on any atom is 0.326 e. The summed E-state index contributed by atoms with van der Waals surface area (Å²) in [5, 5.41) is 20.0. The van der Waals surface area contributed by atoms with Crippen molar-refractivity contribution in [1.29, 1.82) is 0 Å². The van der Waals surface area contributed by atoms with Crippen molar-refractivity contribution in [2.45, 2.75) is 83.3 Å². The fourth-order valence-electron chi connectivity index (χ4n) is 3.18. The van der Waals surface area contributed by atoms with Crippen molar-refractivity contribution in [3.8, 4) is 0 Å². The lowest BCUT2D eigenvalue weighted by Crippen LogP contribution is -2.61. The topological polar surface area (TPSA) is 227 Å². The predicted molar refractivity (Wildman–Crippen MR) is 111 cm³/mol. The molecule has 1 amide bonds. The molecule has 15 nitrogen and oxygen atoms in total. The molecule has 1 aliphatic rings. The van der Waals surface area contributed by atoms with Crippen LogP contribution in [-0.2, 0) is 52.5 Å². The van der Waals surface area contributed by atoms with Crippen LogP contribution in [0.2, 0.25) is 0 Å². The normalized spacial score (nSPS) is 25.5. The molecule has 1 fully saturated rings. The van der Waals surface area contributed by atoms with E-state index in [0.717, 1.165) is 20.8 Å². The molecule has 0 aliphatic carbocycles. The highest BCUT2D eigenvalue weighted by Crippen LogP contribution is 2.29. The maximum atomic E-state index is 12.3. The van der Waals surface area contributed by atoms with Crippen LogP contribution in [0.4, 0.5) is 0 Å². The molecule has 0 radical (unpaired) electrons. The molecule has 198 valence electrons. The van der Waals surface area contributed by atoms with Crippen LogP contribution in [0.5, 0.6) is 0 Å². The summed E-state index contributed by atoms with van der Waals surface area (Å²) < 4.78 is 26.7. The lowest BCUT2D eigenvalue weighted by Gasteiger charge is -2.43. The monoisotopic (exact) mass is 506 g/mol. The zero-order valence-corrected chi connectivity index (χ0v) is 19.6. The van der Waals surface area contributed by atoms with E-state index in [2.05, 4.69) is 5.32 Å². The van der Waals surface area contributed by atoms with Crippen LogP contribution in [0.3, 0.4) is 0 Å². The molecule has 0 spiro atoms. The Morgan fingerprint density at radius 1 is 0.914 bits per heavy atom. The zero-order valence-electron chi connectivity index (χ0n) is 19.6. The van der Waals surface area contributed by atoms with Crippen molar-refractivity contribution in [3.63, 3.8) is 0 Å². The second-order valence-corrected chi connectivity index (χ2v) is 7.70. The minimum Gasteiger partial charge on any atom is -0.481 e. The molecule has 0 unspecified atom stereocenters. The fraction of sp³-hybridized carbons (Fsp3) is 0.700. The lowest BCUT2D eigenvalue weighted by molar-refractivity contribution is -0.301. The predicted octanol–water partition coefficient (Wildman–Crippen LogP) is -1.70. The van der Waals surface area contributed by atoms with Crippen LogP contribution in [0.1, 0.15) is 40.5 Å². The van der Waals surface area contributed by atoms with Gasteiger partial charge in [0.15, 0.2) is 24.6 Å². The second-order valence-electron chi connectivity index (χ2n) is 7.70. The third-order valence-electron chi connectivity index (χ3n) is 4.67. The summed E-state index contributed by atoms with van der Waals surface area (Å²) in [5.74, 6) is -5.93. The molecule has 1 aliphatic heterocycles. The molecule has 1 saturated heterocycles. The van der Waals surface area contributed by atoms with Gasteiger partial charge in [-0.1, -0.05) is 0 Å². The van der Waals surface area contributed by atoms with Crippen molar-refractivity contribution in [2.24, 2.45) is 5.73 Å². The van der Waals surface area contributed by atoms with E-state index in [4.69, 9.17) is 39.6 Å². The van der Waals surface area contributed by atoms with Gasteiger partial charge in [0.1, 0.15) is 12.1 Å². The first-order valence-corrected chi connectivity index (χ1v) is 10.5. The molecule has 0 aromatic rings. The quantitative estimate of drug-likeness (QED) is 0.171. The fourth-order valence-corrected chi connectivity index (χ4v) is 3.18. The summed E-state index contributed by atoms with van der Waals surface area (Å²) >= 11 is 0. The number of nitrogens with two attached hydrogens (primary N) is 1. The van der Waals surface area contributed by atoms with Gasteiger partial charge in [0.25, 0.3) is 0 Å². The van der Waals surface area contributed by atoms with Gasteiger partial charge in [-0.25, -0.2) is 4.79 Å². The highest BCUT2D eigenvalue weighted by atomic mass is 16.7. The Balaban J connectivity index is 2.96. The SMILES string of the molecule is CC(=O)O[C@H]1[C@H](OC(C)=O)[C@@H](OC[C@H](N)C(=O)N[C@@H](CCC(=O)O)C(=O)O)O[C@@H](C)[C@H]1OC(C)=O. The number of nitrogens with one attached hydrogen (secondary N) is 1. The Kier molecular flexibility index (Phi) is 11.5. The summed E-state index contributed by atoms with van der Waals surface area (Å²) in [6.07, 6.45) is -7.06. The Morgan fingerprint density at radius 2 is 1.43 bits per heavy atom. The first kappa shape index (κ1) is 29.7. The van der Waals surface area contributed by atoms with Crippen molar-refractivity contribution >= 4 is 35.8 Å². The van der Waals surface area contributed by atoms with Crippen molar-refractivity contribution in [1.82, 2.24) is 5.32 Å². The number of amides is 1. The van der Waals surface area contributed by atoms with Gasteiger partial charge in [-0.15, -0.1) is 0 Å². The smallest absolute Gasteiger partial charge is 0.326 e. The number of aliphatic carboxylic acids is 2. The average Bonchev–Trinajstić information content (AvgIpc) is 2.72. The Bertz CT molecular complexity index is 817. The summed E-state index contributed by atoms with van der Waals surface area (Å²) in [6, 6.07) is -2.93. The molecule has 0 saturated carbocycles. The minimum atomic E-state index is -1.50. The van der Waals surface area contributed by atoms with E-state index in [0.29, 0.717) is 0 Å². The number of carbonyl (C=O) groups is 6. The molecule has 0 aromatic heterocycles. The number of esters is 3. The number of carbonyl (C=O) groups excluding carboxylic acids is 4. The van der Waals surface area contributed by atoms with Gasteiger partial charge in [0.2, 0.25) is 5.91 Å². The highest BCUT2D eigenvalue weighted by molar-refractivity contribution is 5.87. The summed E-state index contributed by atoms with van der Waals surface area (Å²) in [5.41, 5.74) is 5.76. The third-order valence-corrected chi connectivity index (χ3v) is 4.67. The molecule has 0 aromatic carbocycles. The van der Waals surface area contributed by atoms with E-state index in [1.165, 1.54) is 6.92 Å². The second kappa shape index (κ2) is 13.6. The van der Waals surface area contributed by atoms with Gasteiger partial charge in [0.05, 0.1) is 12.7 Å². The van der Waals surface area contributed by atoms with Crippen molar-refractivity contribution < 1.29 is 62.7 Å². The van der Waals surface area contributed by atoms with Crippen LogP contribution in [-0.4, -0.2) is 95.4 Å². The lowest BCUT2D eigenvalue weighted by atomic mass is 9.99. The zero-order chi connectivity index (χ0) is 26.9. The van der Waals surface area contributed by atoms with Crippen LogP contribution < -0.4 is 11.1 Å². The molecular weight excluding hydrogens is 476 g/mol. The summed E-state index contributed by atoms with van der Waals surface area (Å²) in [6.45, 7) is 4.21. The largest absolute Gasteiger partial charge is 0.481 e. The van der Waals surface area contributed by atoms with Gasteiger partial charge in [-0.3, -0.25) is 24.0 Å². The first-order valence-electron chi connectivity index (χ1n) is 10.5. The van der Waals surface area contributed by atoms with E-state index in [1.807, 2.05) is 0 Å². The number of hydrogen-bond acceptors (Lipinski definition) is 12. The van der Waals surface area contributed by atoms with Gasteiger partial charge >= 0.3 is 29.8 Å². The molecule has 15 heteroatoms. The average molecular weight is 506 g/mol. The van der Waals surface area contributed by atoms with Crippen LogP contribution >= 0.6 is 0 Å². The first-order chi connectivity index (χ1) is 16.2. The van der Waals surface area contributed by atoms with E-state index < -0.39 is 91.6 Å². The minimum absolute atomic E-state index is 0.372.